The van der Waals surface area contributed by atoms with Crippen LogP contribution in [0.2, 0.25) is 5.02 Å². The number of fused-ring (bicyclic) bond motifs is 1. The maximum Gasteiger partial charge on any atom is 0.273 e. The molecule has 2 heterocycles. The highest BCUT2D eigenvalue weighted by molar-refractivity contribution is 6.31. The summed E-state index contributed by atoms with van der Waals surface area (Å²) in [6.45, 7) is 3.22. The molecule has 0 aliphatic carbocycles. The van der Waals surface area contributed by atoms with Crippen LogP contribution in [0.15, 0.2) is 60.7 Å². The maximum absolute atomic E-state index is 13.8. The molecule has 1 aliphatic heterocycles. The van der Waals surface area contributed by atoms with Gasteiger partial charge in [0.05, 0.1) is 26.9 Å². The first-order valence-corrected chi connectivity index (χ1v) is 14.1. The van der Waals surface area contributed by atoms with E-state index in [0.29, 0.717) is 58.6 Å². The molecule has 0 radical (unpaired) electrons. The molecule has 8 nitrogen and oxygen atoms in total. The number of ether oxygens (including phenoxy) is 3. The van der Waals surface area contributed by atoms with E-state index < -0.39 is 6.04 Å². The number of unbranched alkanes of at least 4 members (excludes halogenated alkanes) is 2. The van der Waals surface area contributed by atoms with Crippen molar-refractivity contribution in [1.29, 1.82) is 0 Å². The number of benzene rings is 3. The Labute approximate surface area is 244 Å². The number of aromatic nitrogens is 2. The van der Waals surface area contributed by atoms with Crippen molar-refractivity contribution in [2.45, 2.75) is 38.6 Å². The molecule has 214 valence electrons. The number of aromatic hydroxyl groups is 1. The Hall–Kier alpha value is -4.17. The van der Waals surface area contributed by atoms with Gasteiger partial charge >= 0.3 is 0 Å². The molecule has 1 unspecified atom stereocenters. The van der Waals surface area contributed by atoms with Crippen LogP contribution in [0.5, 0.6) is 23.0 Å². The Kier molecular flexibility index (Phi) is 8.69. The van der Waals surface area contributed by atoms with Crippen LogP contribution < -0.4 is 14.2 Å². The summed E-state index contributed by atoms with van der Waals surface area (Å²) in [4.78, 5) is 15.7. The Morgan fingerprint density at radius 1 is 1.02 bits per heavy atom. The van der Waals surface area contributed by atoms with Crippen LogP contribution >= 0.6 is 11.6 Å². The number of hydrogen-bond acceptors (Lipinski definition) is 6. The molecule has 4 aromatic rings. The van der Waals surface area contributed by atoms with E-state index in [1.807, 2.05) is 47.4 Å². The molecule has 0 fully saturated rings. The summed E-state index contributed by atoms with van der Waals surface area (Å²) in [6, 6.07) is 18.0. The SMILES string of the molecule is CCCCCOc1cccc(C2c3c(-c4cc(Cl)ccc4O)n[nH]c3C(=O)N2CCc2ccc(OC)c(OC)c2)c1. The Balaban J connectivity index is 1.52. The number of aromatic amines is 1. The van der Waals surface area contributed by atoms with E-state index in [0.717, 1.165) is 36.1 Å². The fourth-order valence-electron chi connectivity index (χ4n) is 5.28. The largest absolute Gasteiger partial charge is 0.507 e. The van der Waals surface area contributed by atoms with Crippen molar-refractivity contribution < 1.29 is 24.1 Å². The number of amides is 1. The van der Waals surface area contributed by atoms with Gasteiger partial charge in [0.2, 0.25) is 0 Å². The van der Waals surface area contributed by atoms with E-state index in [2.05, 4.69) is 17.1 Å². The summed E-state index contributed by atoms with van der Waals surface area (Å²) in [6.07, 6.45) is 3.78. The third-order valence-corrected chi connectivity index (χ3v) is 7.59. The molecule has 41 heavy (non-hydrogen) atoms. The minimum Gasteiger partial charge on any atom is -0.507 e. The van der Waals surface area contributed by atoms with Crippen molar-refractivity contribution in [2.75, 3.05) is 27.4 Å². The average Bonchev–Trinajstić information content (AvgIpc) is 3.53. The standard InChI is InChI=1S/C32H34ClN3O5/c1-4-5-6-16-41-23-9-7-8-21(18-23)31-28-29(24-19-22(33)11-12-25(24)37)34-35-30(28)32(38)36(31)15-14-20-10-13-26(39-2)27(17-20)40-3/h7-13,17-19,31,37H,4-6,14-16H2,1-3H3,(H,34,35). The van der Waals surface area contributed by atoms with Gasteiger partial charge in [-0.1, -0.05) is 49.6 Å². The Morgan fingerprint density at radius 3 is 2.63 bits per heavy atom. The highest BCUT2D eigenvalue weighted by Gasteiger charge is 2.42. The first kappa shape index (κ1) is 28.4. The summed E-state index contributed by atoms with van der Waals surface area (Å²) >= 11 is 6.29. The normalized spacial score (nSPS) is 14.3. The van der Waals surface area contributed by atoms with Crippen molar-refractivity contribution in [3.05, 3.63) is 88.1 Å². The van der Waals surface area contributed by atoms with Crippen LogP contribution in [-0.4, -0.2) is 53.5 Å². The molecule has 1 atom stereocenters. The first-order chi connectivity index (χ1) is 19.9. The second kappa shape index (κ2) is 12.6. The van der Waals surface area contributed by atoms with Crippen LogP contribution in [-0.2, 0) is 6.42 Å². The highest BCUT2D eigenvalue weighted by Crippen LogP contribution is 2.45. The summed E-state index contributed by atoms with van der Waals surface area (Å²) in [7, 11) is 3.20. The number of nitrogens with zero attached hydrogens (tertiary/aromatic N) is 2. The monoisotopic (exact) mass is 575 g/mol. The van der Waals surface area contributed by atoms with Crippen LogP contribution in [0, 0.1) is 0 Å². The van der Waals surface area contributed by atoms with Crippen molar-refractivity contribution in [3.8, 4) is 34.3 Å². The molecule has 0 saturated heterocycles. The molecule has 0 saturated carbocycles. The lowest BCUT2D eigenvalue weighted by atomic mass is 9.95. The van der Waals surface area contributed by atoms with Gasteiger partial charge in [-0.15, -0.1) is 0 Å². The van der Waals surface area contributed by atoms with Crippen molar-refractivity contribution >= 4 is 17.5 Å². The Morgan fingerprint density at radius 2 is 1.85 bits per heavy atom. The van der Waals surface area contributed by atoms with E-state index >= 15 is 0 Å². The van der Waals surface area contributed by atoms with Gasteiger partial charge in [0.15, 0.2) is 11.5 Å². The van der Waals surface area contributed by atoms with Gasteiger partial charge in [0.1, 0.15) is 22.9 Å². The molecule has 2 N–H and O–H groups in total. The molecular weight excluding hydrogens is 542 g/mol. The summed E-state index contributed by atoms with van der Waals surface area (Å²) < 4.78 is 16.9. The first-order valence-electron chi connectivity index (χ1n) is 13.8. The number of methoxy groups -OCH3 is 2. The molecule has 5 rings (SSSR count). The highest BCUT2D eigenvalue weighted by atomic mass is 35.5. The molecule has 3 aromatic carbocycles. The number of carbonyl (C=O) groups excluding carboxylic acids is 1. The molecule has 1 aliphatic rings. The number of phenolic OH excluding ortho intramolecular Hbond substituents is 1. The zero-order valence-corrected chi connectivity index (χ0v) is 24.2. The average molecular weight is 576 g/mol. The molecule has 1 amide bonds. The van der Waals surface area contributed by atoms with Crippen LogP contribution in [0.1, 0.15) is 59.4 Å². The number of H-pyrrole nitrogens is 1. The second-order valence-corrected chi connectivity index (χ2v) is 10.4. The molecule has 0 spiro atoms. The van der Waals surface area contributed by atoms with E-state index in [-0.39, 0.29) is 11.7 Å². The minimum atomic E-state index is -0.455. The van der Waals surface area contributed by atoms with Crippen LogP contribution in [0.25, 0.3) is 11.3 Å². The minimum absolute atomic E-state index is 0.0340. The number of nitrogens with one attached hydrogen (secondary N) is 1. The third kappa shape index (κ3) is 5.84. The van der Waals surface area contributed by atoms with E-state index in [9.17, 15) is 9.90 Å². The summed E-state index contributed by atoms with van der Waals surface area (Å²) in [5, 5.41) is 18.6. The predicted molar refractivity (Wildman–Crippen MR) is 158 cm³/mol. The van der Waals surface area contributed by atoms with Gasteiger partial charge in [0.25, 0.3) is 5.91 Å². The smallest absolute Gasteiger partial charge is 0.273 e. The Bertz CT molecular complexity index is 1540. The van der Waals surface area contributed by atoms with Gasteiger partial charge in [-0.25, -0.2) is 0 Å². The number of rotatable bonds is 12. The summed E-state index contributed by atoms with van der Waals surface area (Å²) in [5.41, 5.74) is 3.93. The zero-order valence-electron chi connectivity index (χ0n) is 23.4. The lowest BCUT2D eigenvalue weighted by molar-refractivity contribution is 0.0745. The van der Waals surface area contributed by atoms with Crippen molar-refractivity contribution in [1.82, 2.24) is 15.1 Å². The van der Waals surface area contributed by atoms with Gasteiger partial charge in [0, 0.05) is 22.7 Å². The molecule has 9 heteroatoms. The van der Waals surface area contributed by atoms with Crippen molar-refractivity contribution in [2.24, 2.45) is 0 Å². The van der Waals surface area contributed by atoms with Gasteiger partial charge in [-0.2, -0.15) is 5.10 Å². The second-order valence-electron chi connectivity index (χ2n) is 9.99. The third-order valence-electron chi connectivity index (χ3n) is 7.36. The number of phenols is 1. The van der Waals surface area contributed by atoms with Crippen LogP contribution in [0.3, 0.4) is 0 Å². The molecular formula is C32H34ClN3O5. The quantitative estimate of drug-likeness (QED) is 0.180. The van der Waals surface area contributed by atoms with Crippen molar-refractivity contribution in [3.63, 3.8) is 0 Å². The van der Waals surface area contributed by atoms with Gasteiger partial charge in [-0.05, 0) is 66.4 Å². The molecule has 1 aromatic heterocycles. The summed E-state index contributed by atoms with van der Waals surface area (Å²) in [5.74, 6) is 1.89. The lowest BCUT2D eigenvalue weighted by Crippen LogP contribution is -2.31. The fourth-order valence-corrected chi connectivity index (χ4v) is 5.45. The molecule has 0 bridgehead atoms. The predicted octanol–water partition coefficient (Wildman–Crippen LogP) is 6.81. The van der Waals surface area contributed by atoms with E-state index in [4.69, 9.17) is 25.8 Å². The lowest BCUT2D eigenvalue weighted by Gasteiger charge is -2.27. The zero-order chi connectivity index (χ0) is 28.9. The van der Waals surface area contributed by atoms with E-state index in [1.54, 1.807) is 26.4 Å². The maximum atomic E-state index is 13.8. The van der Waals surface area contributed by atoms with Gasteiger partial charge in [-0.3, -0.25) is 9.89 Å². The van der Waals surface area contributed by atoms with Crippen LogP contribution in [0.4, 0.5) is 0 Å². The van der Waals surface area contributed by atoms with Gasteiger partial charge < -0.3 is 24.2 Å². The topological polar surface area (TPSA) is 96.9 Å². The number of hydrogen-bond donors (Lipinski definition) is 2. The number of halogens is 1. The number of carbonyl (C=O) groups is 1. The fraction of sp³-hybridized carbons (Fsp3) is 0.312. The van der Waals surface area contributed by atoms with E-state index in [1.165, 1.54) is 6.07 Å².